The quantitative estimate of drug-likeness (QED) is 0.377. The lowest BCUT2D eigenvalue weighted by atomic mass is 9.98. The summed E-state index contributed by atoms with van der Waals surface area (Å²) in [5.74, 6) is 0.346. The first-order chi connectivity index (χ1) is 16.3. The summed E-state index contributed by atoms with van der Waals surface area (Å²) in [4.78, 5) is 21.7. The van der Waals surface area contributed by atoms with Gasteiger partial charge in [0, 0.05) is 6.20 Å². The lowest BCUT2D eigenvalue weighted by Crippen LogP contribution is -2.38. The Morgan fingerprint density at radius 2 is 1.86 bits per heavy atom. The van der Waals surface area contributed by atoms with Crippen LogP contribution in [0, 0.1) is 5.92 Å². The molecule has 0 aliphatic heterocycles. The molecule has 0 fully saturated rings. The Bertz CT molecular complexity index is 1180. The highest BCUT2D eigenvalue weighted by atomic mass is 19.4. The van der Waals surface area contributed by atoms with Gasteiger partial charge in [-0.15, -0.1) is 0 Å². The van der Waals surface area contributed by atoms with E-state index in [4.69, 9.17) is 4.74 Å². The van der Waals surface area contributed by atoms with Crippen molar-refractivity contribution in [1.82, 2.24) is 19.9 Å². The summed E-state index contributed by atoms with van der Waals surface area (Å²) in [6.07, 6.45) is -3.00. The third kappa shape index (κ3) is 6.49. The van der Waals surface area contributed by atoms with Gasteiger partial charge in [-0.2, -0.15) is 13.2 Å². The standard InChI is InChI=1S/C25H30F4N4O2/c1-6-15(2)20(32-23(34)35-24(3,4)5)22-31-19-8-7-9-30-21(19)33(22)14-17-10-16(13-26)11-18(12-17)25(27,28)29/h7-12,15,20H,6,13-14H2,1-5H3,(H,32,34)/t15-,20-/m0/s1. The molecule has 1 N–H and O–H groups in total. The zero-order valence-electron chi connectivity index (χ0n) is 20.4. The van der Waals surface area contributed by atoms with Crippen LogP contribution in [0.1, 0.15) is 69.6 Å². The predicted molar refractivity (Wildman–Crippen MR) is 124 cm³/mol. The Morgan fingerprint density at radius 3 is 2.46 bits per heavy atom. The molecule has 35 heavy (non-hydrogen) atoms. The van der Waals surface area contributed by atoms with Crippen LogP contribution in [-0.2, 0) is 24.1 Å². The van der Waals surface area contributed by atoms with Crippen LogP contribution < -0.4 is 5.32 Å². The lowest BCUT2D eigenvalue weighted by molar-refractivity contribution is -0.137. The normalized spacial score (nSPS) is 14.1. The van der Waals surface area contributed by atoms with Gasteiger partial charge in [0.05, 0.1) is 18.2 Å². The molecular formula is C25H30F4N4O2. The first kappa shape index (κ1) is 26.4. The second-order valence-corrected chi connectivity index (χ2v) is 9.58. The molecule has 190 valence electrons. The summed E-state index contributed by atoms with van der Waals surface area (Å²) >= 11 is 0. The molecule has 0 bridgehead atoms. The zero-order chi connectivity index (χ0) is 26.0. The highest BCUT2D eigenvalue weighted by Gasteiger charge is 2.32. The number of alkyl halides is 4. The molecule has 0 aliphatic carbocycles. The third-order valence-corrected chi connectivity index (χ3v) is 5.57. The largest absolute Gasteiger partial charge is 0.444 e. The topological polar surface area (TPSA) is 69.0 Å². The van der Waals surface area contributed by atoms with Crippen LogP contribution in [0.3, 0.4) is 0 Å². The SMILES string of the molecule is CC[C@H](C)[C@H](NC(=O)OC(C)(C)C)c1nc2cccnc2n1Cc1cc(CF)cc(C(F)(F)F)c1. The van der Waals surface area contributed by atoms with Crippen LogP contribution >= 0.6 is 0 Å². The van der Waals surface area contributed by atoms with E-state index in [9.17, 15) is 22.4 Å². The van der Waals surface area contributed by atoms with Crippen LogP contribution in [-0.4, -0.2) is 26.2 Å². The molecule has 0 saturated heterocycles. The number of aromatic nitrogens is 3. The Balaban J connectivity index is 2.11. The number of halogens is 4. The fourth-order valence-electron chi connectivity index (χ4n) is 3.78. The molecule has 0 saturated carbocycles. The van der Waals surface area contributed by atoms with Crippen molar-refractivity contribution in [3.8, 4) is 0 Å². The molecular weight excluding hydrogens is 464 g/mol. The van der Waals surface area contributed by atoms with E-state index in [0.717, 1.165) is 12.1 Å². The monoisotopic (exact) mass is 494 g/mol. The molecule has 0 unspecified atom stereocenters. The van der Waals surface area contributed by atoms with E-state index in [0.29, 0.717) is 23.4 Å². The van der Waals surface area contributed by atoms with E-state index in [1.165, 1.54) is 6.07 Å². The second kappa shape index (κ2) is 10.2. The number of nitrogens with zero attached hydrogens (tertiary/aromatic N) is 3. The van der Waals surface area contributed by atoms with E-state index in [1.54, 1.807) is 43.7 Å². The molecule has 1 amide bonds. The number of nitrogens with one attached hydrogen (secondary N) is 1. The molecule has 6 nitrogen and oxygen atoms in total. The maximum Gasteiger partial charge on any atom is 0.416 e. The molecule has 2 atom stereocenters. The fraction of sp³-hybridized carbons (Fsp3) is 0.480. The number of fused-ring (bicyclic) bond motifs is 1. The van der Waals surface area contributed by atoms with Crippen molar-refractivity contribution in [2.75, 3.05) is 0 Å². The maximum atomic E-state index is 13.4. The van der Waals surface area contributed by atoms with Gasteiger partial charge in [0.15, 0.2) is 5.65 Å². The van der Waals surface area contributed by atoms with Crippen molar-refractivity contribution < 1.29 is 27.1 Å². The molecule has 2 heterocycles. The zero-order valence-corrected chi connectivity index (χ0v) is 20.4. The first-order valence-electron chi connectivity index (χ1n) is 11.4. The minimum absolute atomic E-state index is 0.0390. The van der Waals surface area contributed by atoms with Crippen molar-refractivity contribution in [3.63, 3.8) is 0 Å². The minimum atomic E-state index is -4.62. The van der Waals surface area contributed by atoms with Crippen LogP contribution in [0.2, 0.25) is 0 Å². The number of ether oxygens (including phenoxy) is 1. The van der Waals surface area contributed by atoms with E-state index < -0.39 is 36.2 Å². The van der Waals surface area contributed by atoms with Gasteiger partial charge in [-0.1, -0.05) is 26.3 Å². The van der Waals surface area contributed by atoms with Gasteiger partial charge in [-0.3, -0.25) is 0 Å². The van der Waals surface area contributed by atoms with E-state index in [2.05, 4.69) is 15.3 Å². The van der Waals surface area contributed by atoms with E-state index in [-0.39, 0.29) is 23.6 Å². The summed E-state index contributed by atoms with van der Waals surface area (Å²) < 4.78 is 60.8. The average molecular weight is 495 g/mol. The number of benzene rings is 1. The molecule has 0 aliphatic rings. The van der Waals surface area contributed by atoms with Crippen LogP contribution in [0.15, 0.2) is 36.5 Å². The number of carbonyl (C=O) groups excluding carboxylic acids is 1. The van der Waals surface area contributed by atoms with Crippen molar-refractivity contribution in [3.05, 3.63) is 59.0 Å². The van der Waals surface area contributed by atoms with Gasteiger partial charge in [0.25, 0.3) is 0 Å². The van der Waals surface area contributed by atoms with Gasteiger partial charge in [0.2, 0.25) is 0 Å². The number of amides is 1. The molecule has 0 radical (unpaired) electrons. The van der Waals surface area contributed by atoms with E-state index in [1.807, 2.05) is 13.8 Å². The highest BCUT2D eigenvalue weighted by molar-refractivity contribution is 5.72. The van der Waals surface area contributed by atoms with Crippen LogP contribution in [0.25, 0.3) is 11.2 Å². The van der Waals surface area contributed by atoms with Crippen molar-refractivity contribution in [2.45, 2.75) is 72.1 Å². The number of pyridine rings is 1. The van der Waals surface area contributed by atoms with Gasteiger partial charge in [0.1, 0.15) is 23.6 Å². The first-order valence-corrected chi connectivity index (χ1v) is 11.4. The summed E-state index contributed by atoms with van der Waals surface area (Å²) in [5, 5.41) is 2.87. The minimum Gasteiger partial charge on any atom is -0.444 e. The second-order valence-electron chi connectivity index (χ2n) is 9.58. The molecule has 2 aromatic heterocycles. The summed E-state index contributed by atoms with van der Waals surface area (Å²) in [5.41, 5.74) is -0.488. The van der Waals surface area contributed by atoms with Crippen molar-refractivity contribution in [2.24, 2.45) is 5.92 Å². The van der Waals surface area contributed by atoms with E-state index >= 15 is 0 Å². The summed E-state index contributed by atoms with van der Waals surface area (Å²) in [7, 11) is 0. The predicted octanol–water partition coefficient (Wildman–Crippen LogP) is 6.58. The molecule has 0 spiro atoms. The Labute approximate surface area is 201 Å². The summed E-state index contributed by atoms with van der Waals surface area (Å²) in [6, 6.07) is 6.04. The van der Waals surface area contributed by atoms with Gasteiger partial charge < -0.3 is 14.6 Å². The Morgan fingerprint density at radius 1 is 1.17 bits per heavy atom. The molecule has 1 aromatic carbocycles. The average Bonchev–Trinajstić information content (AvgIpc) is 3.13. The third-order valence-electron chi connectivity index (χ3n) is 5.57. The van der Waals surface area contributed by atoms with Crippen molar-refractivity contribution >= 4 is 17.3 Å². The van der Waals surface area contributed by atoms with Gasteiger partial charge in [-0.05, 0) is 62.1 Å². The summed E-state index contributed by atoms with van der Waals surface area (Å²) in [6.45, 7) is 8.08. The maximum absolute atomic E-state index is 13.4. The Hall–Kier alpha value is -3.17. The highest BCUT2D eigenvalue weighted by Crippen LogP contribution is 2.32. The van der Waals surface area contributed by atoms with Crippen LogP contribution in [0.4, 0.5) is 22.4 Å². The Kier molecular flexibility index (Phi) is 7.71. The number of hydrogen-bond donors (Lipinski definition) is 1. The lowest BCUT2D eigenvalue weighted by Gasteiger charge is -2.27. The van der Waals surface area contributed by atoms with Gasteiger partial charge >= 0.3 is 12.3 Å². The number of alkyl carbamates (subject to hydrolysis) is 1. The molecule has 3 rings (SSSR count). The molecule has 3 aromatic rings. The van der Waals surface area contributed by atoms with Crippen molar-refractivity contribution in [1.29, 1.82) is 0 Å². The number of carbonyl (C=O) groups is 1. The van der Waals surface area contributed by atoms with Gasteiger partial charge in [-0.25, -0.2) is 19.2 Å². The number of hydrogen-bond acceptors (Lipinski definition) is 4. The fourth-order valence-corrected chi connectivity index (χ4v) is 3.78. The smallest absolute Gasteiger partial charge is 0.416 e. The number of imidazole rings is 1. The van der Waals surface area contributed by atoms with Crippen LogP contribution in [0.5, 0.6) is 0 Å². The number of rotatable bonds is 7. The molecule has 10 heteroatoms.